The van der Waals surface area contributed by atoms with Gasteiger partial charge < -0.3 is 47.3 Å². The van der Waals surface area contributed by atoms with Crippen LogP contribution in [0.1, 0.15) is 64.5 Å². The minimum absolute atomic E-state index is 0.0990. The number of nitrogens with zero attached hydrogens (tertiary/aromatic N) is 6. The number of urea groups is 2. The number of aromatic nitrogens is 2. The second-order valence-corrected chi connectivity index (χ2v) is 22.4. The Bertz CT molecular complexity index is 3080. The predicted molar refractivity (Wildman–Crippen MR) is 268 cm³/mol. The molecule has 26 nitrogen and oxygen atoms in total. The van der Waals surface area contributed by atoms with Crippen molar-refractivity contribution in [3.8, 4) is 0 Å². The van der Waals surface area contributed by atoms with Crippen molar-refractivity contribution in [1.82, 2.24) is 31.6 Å². The zero-order valence-corrected chi connectivity index (χ0v) is 43.8. The van der Waals surface area contributed by atoms with E-state index in [9.17, 15) is 38.4 Å². The SMILES string of the molecule is C[C@@H]1CN2c3c(cc4c(N5C(=O)OC[C@@H]5C5CCOCC5)noc4c3F)CC3(C(=O)NC(=O)NC3=O)[C@H]2[C@H](C)O1.C[C@@H]1CN2c3c(cc4c(N5C(=O)OC[C@H]5C5CCOCC5)noc4c3F)CC3(C(=O)NC(=O)NC3=O)[C@H]2[C@H](C)O1. The third-order valence-electron chi connectivity index (χ3n) is 17.8. The van der Waals surface area contributed by atoms with Crippen molar-refractivity contribution < 1.29 is 84.6 Å². The van der Waals surface area contributed by atoms with Gasteiger partial charge in [0.05, 0.1) is 70.7 Å². The number of ether oxygens (including phenoxy) is 6. The van der Waals surface area contributed by atoms with Gasteiger partial charge in [-0.1, -0.05) is 10.3 Å². The number of benzene rings is 2. The molecule has 0 unspecified atom stereocenters. The van der Waals surface area contributed by atoms with Crippen molar-refractivity contribution >= 4 is 92.8 Å². The average molecular weight is 1120 g/mol. The quantitative estimate of drug-likeness (QED) is 0.213. The van der Waals surface area contributed by atoms with E-state index in [1.807, 2.05) is 13.8 Å². The van der Waals surface area contributed by atoms with E-state index in [2.05, 4.69) is 31.6 Å². The zero-order valence-electron chi connectivity index (χ0n) is 43.8. The van der Waals surface area contributed by atoms with E-state index in [1.165, 1.54) is 9.80 Å². The fourth-order valence-electron chi connectivity index (χ4n) is 14.5. The Balaban J connectivity index is 0.000000151. The van der Waals surface area contributed by atoms with Crippen molar-refractivity contribution in [1.29, 1.82) is 0 Å². The van der Waals surface area contributed by atoms with Gasteiger partial charge in [-0.15, -0.1) is 0 Å². The number of morpholine rings is 2. The number of anilines is 4. The molecule has 2 aromatic heterocycles. The van der Waals surface area contributed by atoms with Gasteiger partial charge in [0.15, 0.2) is 34.1 Å². The molecule has 8 saturated heterocycles. The molecule has 80 heavy (non-hydrogen) atoms. The molecule has 2 spiro atoms. The Morgan fingerprint density at radius 2 is 0.912 bits per heavy atom. The number of amides is 10. The van der Waals surface area contributed by atoms with E-state index in [0.717, 1.165) is 25.7 Å². The van der Waals surface area contributed by atoms with Crippen LogP contribution in [0.15, 0.2) is 21.2 Å². The second kappa shape index (κ2) is 19.0. The van der Waals surface area contributed by atoms with E-state index in [-0.39, 0.29) is 120 Å². The Labute approximate surface area is 452 Å². The van der Waals surface area contributed by atoms with E-state index < -0.39 is 94.6 Å². The number of fused-ring (bicyclic) bond motifs is 10. The summed E-state index contributed by atoms with van der Waals surface area (Å²) in [5.41, 5.74) is -2.78. The monoisotopic (exact) mass is 1110 g/mol. The Hall–Kier alpha value is -7.56. The molecule has 4 aromatic rings. The van der Waals surface area contributed by atoms with E-state index in [4.69, 9.17) is 37.5 Å². The minimum atomic E-state index is -1.77. The molecule has 8 fully saturated rings. The molecule has 0 aliphatic carbocycles. The molecule has 0 bridgehead atoms. The number of nitrogens with one attached hydrogen (secondary N) is 4. The fourth-order valence-corrected chi connectivity index (χ4v) is 14.5. The van der Waals surface area contributed by atoms with Crippen LogP contribution in [0.4, 0.5) is 51.0 Å². The summed E-state index contributed by atoms with van der Waals surface area (Å²) in [4.78, 5) is 110. The maximum atomic E-state index is 16.4. The molecule has 2 aromatic carbocycles. The molecule has 14 rings (SSSR count). The summed E-state index contributed by atoms with van der Waals surface area (Å²) in [6.45, 7) is 10.0. The summed E-state index contributed by atoms with van der Waals surface area (Å²) >= 11 is 0. The van der Waals surface area contributed by atoms with E-state index in [1.54, 1.807) is 35.8 Å². The molecule has 4 N–H and O–H groups in total. The van der Waals surface area contributed by atoms with E-state index in [0.29, 0.717) is 37.6 Å². The molecule has 10 amide bonds. The molecule has 0 radical (unpaired) electrons. The van der Waals surface area contributed by atoms with Gasteiger partial charge in [0.25, 0.3) is 0 Å². The van der Waals surface area contributed by atoms with Gasteiger partial charge in [-0.25, -0.2) is 28.0 Å². The van der Waals surface area contributed by atoms with E-state index >= 15 is 8.78 Å². The van der Waals surface area contributed by atoms with Crippen LogP contribution in [0.25, 0.3) is 21.9 Å². The molecule has 28 heteroatoms. The molecular formula is C52H56F2N10O16. The number of carbonyl (C=O) groups excluding carboxylic acids is 8. The van der Waals surface area contributed by atoms with Crippen LogP contribution in [0, 0.1) is 34.3 Å². The number of imide groups is 4. The number of cyclic esters (lactones) is 2. The van der Waals surface area contributed by atoms with Crippen LogP contribution >= 0.6 is 0 Å². The zero-order chi connectivity index (χ0) is 55.8. The first-order valence-electron chi connectivity index (χ1n) is 26.9. The summed E-state index contributed by atoms with van der Waals surface area (Å²) in [7, 11) is 0. The van der Waals surface area contributed by atoms with Crippen molar-refractivity contribution in [2.75, 3.05) is 72.3 Å². The highest BCUT2D eigenvalue weighted by Crippen LogP contribution is 2.52. The number of hydrogen-bond acceptors (Lipinski definition) is 20. The molecule has 12 heterocycles. The van der Waals surface area contributed by atoms with Gasteiger partial charge in [0.1, 0.15) is 13.2 Å². The molecule has 424 valence electrons. The lowest BCUT2D eigenvalue weighted by Crippen LogP contribution is -2.75. The molecular weight excluding hydrogens is 1060 g/mol. The lowest BCUT2D eigenvalue weighted by Gasteiger charge is -2.55. The first-order chi connectivity index (χ1) is 38.4. The summed E-state index contributed by atoms with van der Waals surface area (Å²) in [6, 6.07) is -1.05. The normalized spacial score (nSPS) is 30.3. The number of carbonyl (C=O) groups is 8. The number of barbiturate groups is 2. The van der Waals surface area contributed by atoms with Crippen LogP contribution in [0.3, 0.4) is 0 Å². The van der Waals surface area contributed by atoms with Gasteiger partial charge in [0, 0.05) is 52.4 Å². The van der Waals surface area contributed by atoms with Crippen molar-refractivity contribution in [2.45, 2.75) is 115 Å². The van der Waals surface area contributed by atoms with Gasteiger partial charge in [-0.2, -0.15) is 0 Å². The molecule has 10 aliphatic rings. The first-order valence-corrected chi connectivity index (χ1v) is 26.9. The van der Waals surface area contributed by atoms with Crippen LogP contribution in [-0.2, 0) is 60.4 Å². The van der Waals surface area contributed by atoms with Crippen molar-refractivity contribution in [3.05, 3.63) is 34.9 Å². The van der Waals surface area contributed by atoms with Crippen LogP contribution in [-0.4, -0.2) is 160 Å². The topological polar surface area (TPSA) is 305 Å². The van der Waals surface area contributed by atoms with Crippen molar-refractivity contribution in [3.63, 3.8) is 0 Å². The minimum Gasteiger partial charge on any atom is -0.447 e. The average Bonchev–Trinajstić information content (AvgIpc) is 4.37. The van der Waals surface area contributed by atoms with Crippen LogP contribution in [0.5, 0.6) is 0 Å². The van der Waals surface area contributed by atoms with Crippen LogP contribution in [0.2, 0.25) is 0 Å². The predicted octanol–water partition coefficient (Wildman–Crippen LogP) is 3.22. The first kappa shape index (κ1) is 51.9. The van der Waals surface area contributed by atoms with Gasteiger partial charge in [-0.05, 0) is 88.5 Å². The highest BCUT2D eigenvalue weighted by molar-refractivity contribution is 6.22. The lowest BCUT2D eigenvalue weighted by atomic mass is 9.66. The summed E-state index contributed by atoms with van der Waals surface area (Å²) in [5, 5.41) is 17.6. The number of halogens is 2. The molecule has 10 aliphatic heterocycles. The highest BCUT2D eigenvalue weighted by Gasteiger charge is 2.65. The third kappa shape index (κ3) is 7.67. The Kier molecular flexibility index (Phi) is 12.3. The van der Waals surface area contributed by atoms with Gasteiger partial charge >= 0.3 is 24.2 Å². The Morgan fingerprint density at radius 3 is 1.27 bits per heavy atom. The second-order valence-electron chi connectivity index (χ2n) is 22.4. The lowest BCUT2D eigenvalue weighted by molar-refractivity contribution is -0.154. The Morgan fingerprint density at radius 1 is 0.550 bits per heavy atom. The number of rotatable bonds is 4. The largest absolute Gasteiger partial charge is 0.447 e. The fraction of sp³-hybridized carbons (Fsp3) is 0.577. The summed E-state index contributed by atoms with van der Waals surface area (Å²) in [6.07, 6.45) is -0.684. The number of hydrogen-bond donors (Lipinski definition) is 4. The maximum Gasteiger partial charge on any atom is 0.416 e. The third-order valence-corrected chi connectivity index (χ3v) is 17.8. The molecule has 8 atom stereocenters. The standard InChI is InChI=1S/2C26H28FN5O8/c2*1-11-9-31-18-14(8-26(20(31)12(2)39-11)22(33)28-24(35)29-23(26)34)7-15-19(17(18)27)40-30-21(15)32-16(10-38-25(32)36)13-3-5-37-6-4-13/h2*7,11-13,16,20H,3-6,8-10H2,1-2H3,(H2,28,29,33,34,35)/t11-,12+,16+,20-;11-,12+,16-,20-/m11/s1. The highest BCUT2D eigenvalue weighted by atomic mass is 19.1. The van der Waals surface area contributed by atoms with Gasteiger partial charge in [-0.3, -0.25) is 50.2 Å². The molecule has 0 saturated carbocycles. The maximum absolute atomic E-state index is 16.4. The van der Waals surface area contributed by atoms with Gasteiger partial charge in [0.2, 0.25) is 34.8 Å². The smallest absolute Gasteiger partial charge is 0.416 e. The summed E-state index contributed by atoms with van der Waals surface area (Å²) in [5.74, 6) is -4.11. The summed E-state index contributed by atoms with van der Waals surface area (Å²) < 4.78 is 77.5. The van der Waals surface area contributed by atoms with Crippen molar-refractivity contribution in [2.24, 2.45) is 22.7 Å². The van der Waals surface area contributed by atoms with Crippen LogP contribution < -0.4 is 40.9 Å².